The third kappa shape index (κ3) is 3.37. The molecule has 1 fully saturated rings. The molecule has 0 radical (unpaired) electrons. The van der Waals surface area contributed by atoms with Crippen molar-refractivity contribution in [3.05, 3.63) is 47.6 Å². The Hall–Kier alpha value is -2.50. The Morgan fingerprint density at radius 1 is 1.38 bits per heavy atom. The Kier molecular flexibility index (Phi) is 4.74. The molecule has 1 amide bonds. The van der Waals surface area contributed by atoms with E-state index in [1.54, 1.807) is 35.5 Å². The number of piperidine rings is 1. The molecule has 0 spiro atoms. The molecule has 1 aliphatic heterocycles. The maximum Gasteiger partial charge on any atom is 0.276 e. The first kappa shape index (κ1) is 16.4. The summed E-state index contributed by atoms with van der Waals surface area (Å²) in [6, 6.07) is 5.21. The smallest absolute Gasteiger partial charge is 0.276 e. The number of likely N-dealkylation sites (tertiary alicyclic amines) is 1. The molecule has 2 aromatic rings. The molecular formula is C18H21N3O3. The lowest BCUT2D eigenvalue weighted by Gasteiger charge is -2.31. The van der Waals surface area contributed by atoms with E-state index in [0.29, 0.717) is 30.1 Å². The summed E-state index contributed by atoms with van der Waals surface area (Å²) in [7, 11) is 0. The van der Waals surface area contributed by atoms with Gasteiger partial charge in [-0.05, 0) is 25.0 Å². The van der Waals surface area contributed by atoms with Gasteiger partial charge in [-0.1, -0.05) is 19.0 Å². The highest BCUT2D eigenvalue weighted by Gasteiger charge is 2.30. The molecule has 6 heteroatoms. The predicted molar refractivity (Wildman–Crippen MR) is 87.8 cm³/mol. The number of hydrogen-bond acceptors (Lipinski definition) is 5. The lowest BCUT2D eigenvalue weighted by Crippen LogP contribution is -2.42. The van der Waals surface area contributed by atoms with Crippen LogP contribution in [0.1, 0.15) is 59.2 Å². The Morgan fingerprint density at radius 2 is 2.21 bits per heavy atom. The monoisotopic (exact) mass is 327 g/mol. The summed E-state index contributed by atoms with van der Waals surface area (Å²) in [5, 5.41) is 3.88. The number of carbonyl (C=O) groups is 2. The van der Waals surface area contributed by atoms with Gasteiger partial charge in [0.15, 0.2) is 11.5 Å². The van der Waals surface area contributed by atoms with Gasteiger partial charge >= 0.3 is 0 Å². The molecule has 0 aliphatic carbocycles. The maximum atomic E-state index is 12.6. The predicted octanol–water partition coefficient (Wildman–Crippen LogP) is 2.93. The van der Waals surface area contributed by atoms with E-state index in [-0.39, 0.29) is 23.5 Å². The number of carbonyl (C=O) groups excluding carboxylic acids is 2. The van der Waals surface area contributed by atoms with Crippen molar-refractivity contribution in [3.8, 4) is 0 Å². The number of nitrogens with zero attached hydrogens (tertiary/aromatic N) is 3. The van der Waals surface area contributed by atoms with Crippen LogP contribution in [0.3, 0.4) is 0 Å². The summed E-state index contributed by atoms with van der Waals surface area (Å²) in [6.45, 7) is 5.02. The minimum absolute atomic E-state index is 0.0450. The fourth-order valence-electron chi connectivity index (χ4n) is 2.94. The SMILES string of the molecule is CC(C)c1cc(C(=O)N2CCC[C@@H](C(=O)c3cccnc3)C2)no1. The summed E-state index contributed by atoms with van der Waals surface area (Å²) in [4.78, 5) is 30.9. The standard InChI is InChI=1S/C18H21N3O3/c1-12(2)16-9-15(20-24-16)18(23)21-8-4-6-14(11-21)17(22)13-5-3-7-19-10-13/h3,5,7,9-10,12,14H,4,6,8,11H2,1-2H3/t14-/m1/s1. The quantitative estimate of drug-likeness (QED) is 0.807. The van der Waals surface area contributed by atoms with Gasteiger partial charge in [-0.2, -0.15) is 0 Å². The molecule has 1 atom stereocenters. The van der Waals surface area contributed by atoms with E-state index < -0.39 is 0 Å². The molecule has 3 rings (SSSR count). The van der Waals surface area contributed by atoms with Crippen molar-refractivity contribution < 1.29 is 14.1 Å². The highest BCUT2D eigenvalue weighted by molar-refractivity contribution is 5.98. The normalized spacial score (nSPS) is 18.0. The topological polar surface area (TPSA) is 76.3 Å². The molecular weight excluding hydrogens is 306 g/mol. The molecule has 0 unspecified atom stereocenters. The van der Waals surface area contributed by atoms with Crippen molar-refractivity contribution in [1.29, 1.82) is 0 Å². The number of pyridine rings is 1. The second kappa shape index (κ2) is 6.95. The van der Waals surface area contributed by atoms with Crippen LogP contribution in [0.25, 0.3) is 0 Å². The maximum absolute atomic E-state index is 12.6. The van der Waals surface area contributed by atoms with Gasteiger partial charge in [0.05, 0.1) is 0 Å². The summed E-state index contributed by atoms with van der Waals surface area (Å²) in [6.07, 6.45) is 4.81. The van der Waals surface area contributed by atoms with Crippen molar-refractivity contribution >= 4 is 11.7 Å². The Balaban J connectivity index is 1.70. The molecule has 1 aliphatic rings. The second-order valence-corrected chi connectivity index (χ2v) is 6.47. The minimum Gasteiger partial charge on any atom is -0.360 e. The third-order valence-electron chi connectivity index (χ3n) is 4.34. The van der Waals surface area contributed by atoms with Crippen molar-refractivity contribution in [2.24, 2.45) is 5.92 Å². The van der Waals surface area contributed by atoms with Gasteiger partial charge in [-0.25, -0.2) is 0 Å². The summed E-state index contributed by atoms with van der Waals surface area (Å²) >= 11 is 0. The summed E-state index contributed by atoms with van der Waals surface area (Å²) in [5.74, 6) is 0.556. The van der Waals surface area contributed by atoms with E-state index in [9.17, 15) is 9.59 Å². The summed E-state index contributed by atoms with van der Waals surface area (Å²) in [5.41, 5.74) is 0.911. The van der Waals surface area contributed by atoms with E-state index in [1.807, 2.05) is 13.8 Å². The zero-order chi connectivity index (χ0) is 17.1. The fraction of sp³-hybridized carbons (Fsp3) is 0.444. The third-order valence-corrected chi connectivity index (χ3v) is 4.34. The molecule has 0 bridgehead atoms. The van der Waals surface area contributed by atoms with E-state index in [0.717, 1.165) is 12.8 Å². The molecule has 2 aromatic heterocycles. The van der Waals surface area contributed by atoms with Crippen LogP contribution < -0.4 is 0 Å². The van der Waals surface area contributed by atoms with Crippen LogP contribution in [0.15, 0.2) is 35.1 Å². The van der Waals surface area contributed by atoms with Gasteiger partial charge < -0.3 is 9.42 Å². The first-order valence-corrected chi connectivity index (χ1v) is 8.26. The fourth-order valence-corrected chi connectivity index (χ4v) is 2.94. The molecule has 6 nitrogen and oxygen atoms in total. The molecule has 3 heterocycles. The van der Waals surface area contributed by atoms with Crippen molar-refractivity contribution in [2.75, 3.05) is 13.1 Å². The average molecular weight is 327 g/mol. The number of rotatable bonds is 4. The lowest BCUT2D eigenvalue weighted by atomic mass is 9.90. The zero-order valence-corrected chi connectivity index (χ0v) is 13.9. The van der Waals surface area contributed by atoms with Gasteiger partial charge in [0.2, 0.25) is 0 Å². The van der Waals surface area contributed by atoms with Gasteiger partial charge in [0.25, 0.3) is 5.91 Å². The zero-order valence-electron chi connectivity index (χ0n) is 13.9. The molecule has 24 heavy (non-hydrogen) atoms. The largest absolute Gasteiger partial charge is 0.360 e. The van der Waals surface area contributed by atoms with Gasteiger partial charge in [0.1, 0.15) is 5.76 Å². The van der Waals surface area contributed by atoms with E-state index in [2.05, 4.69) is 10.1 Å². The van der Waals surface area contributed by atoms with Gasteiger partial charge in [0, 0.05) is 48.9 Å². The Bertz CT molecular complexity index is 724. The molecule has 0 aromatic carbocycles. The van der Waals surface area contributed by atoms with E-state index in [4.69, 9.17) is 4.52 Å². The van der Waals surface area contributed by atoms with Crippen LogP contribution in [-0.4, -0.2) is 39.8 Å². The molecule has 126 valence electrons. The highest BCUT2D eigenvalue weighted by Crippen LogP contribution is 2.23. The van der Waals surface area contributed by atoms with E-state index >= 15 is 0 Å². The van der Waals surface area contributed by atoms with Crippen LogP contribution >= 0.6 is 0 Å². The Labute approximate surface area is 140 Å². The summed E-state index contributed by atoms with van der Waals surface area (Å²) < 4.78 is 5.21. The first-order valence-electron chi connectivity index (χ1n) is 8.26. The van der Waals surface area contributed by atoms with Crippen LogP contribution in [-0.2, 0) is 0 Å². The number of hydrogen-bond donors (Lipinski definition) is 0. The minimum atomic E-state index is -0.191. The van der Waals surface area contributed by atoms with Crippen LogP contribution in [0.4, 0.5) is 0 Å². The van der Waals surface area contributed by atoms with Crippen molar-refractivity contribution in [1.82, 2.24) is 15.0 Å². The highest BCUT2D eigenvalue weighted by atomic mass is 16.5. The number of amides is 1. The number of Topliss-reactive ketones (excluding diaryl/α,β-unsaturated/α-hetero) is 1. The van der Waals surface area contributed by atoms with Gasteiger partial charge in [-0.3, -0.25) is 14.6 Å². The first-order chi connectivity index (χ1) is 11.6. The van der Waals surface area contributed by atoms with Crippen molar-refractivity contribution in [2.45, 2.75) is 32.6 Å². The van der Waals surface area contributed by atoms with Crippen molar-refractivity contribution in [3.63, 3.8) is 0 Å². The molecule has 0 saturated carbocycles. The van der Waals surface area contributed by atoms with E-state index in [1.165, 1.54) is 0 Å². The van der Waals surface area contributed by atoms with Gasteiger partial charge in [-0.15, -0.1) is 0 Å². The van der Waals surface area contributed by atoms with Crippen LogP contribution in [0.2, 0.25) is 0 Å². The number of ketones is 1. The second-order valence-electron chi connectivity index (χ2n) is 6.47. The van der Waals surface area contributed by atoms with Crippen LogP contribution in [0, 0.1) is 5.92 Å². The average Bonchev–Trinajstić information content (AvgIpc) is 3.12. The molecule has 0 N–H and O–H groups in total. The lowest BCUT2D eigenvalue weighted by molar-refractivity contribution is 0.0628. The molecule has 1 saturated heterocycles. The number of aromatic nitrogens is 2. The van der Waals surface area contributed by atoms with Crippen LogP contribution in [0.5, 0.6) is 0 Å². The Morgan fingerprint density at radius 3 is 2.88 bits per heavy atom.